The fourth-order valence-electron chi connectivity index (χ4n) is 0.689. The van der Waals surface area contributed by atoms with E-state index >= 15 is 0 Å². The Kier molecular flexibility index (Phi) is 8.70. The van der Waals surface area contributed by atoms with E-state index in [0.29, 0.717) is 0 Å². The molecule has 76 valence electrons. The molecule has 0 aliphatic rings. The van der Waals surface area contributed by atoms with Crippen molar-refractivity contribution in [2.75, 3.05) is 0 Å². The van der Waals surface area contributed by atoms with Crippen LogP contribution in [0.5, 0.6) is 0 Å². The van der Waals surface area contributed by atoms with Gasteiger partial charge < -0.3 is 9.11 Å². The van der Waals surface area contributed by atoms with E-state index in [4.69, 9.17) is 17.5 Å². The van der Waals surface area contributed by atoms with Crippen LogP contribution in [0.1, 0.15) is 6.92 Å². The van der Waals surface area contributed by atoms with Crippen molar-refractivity contribution >= 4 is 10.4 Å². The number of rotatable bonds is 1. The van der Waals surface area contributed by atoms with Gasteiger partial charge in [-0.25, -0.2) is 9.13 Å². The van der Waals surface area contributed by atoms with E-state index in [9.17, 15) is 0 Å². The van der Waals surface area contributed by atoms with Crippen molar-refractivity contribution in [3.8, 4) is 0 Å². The maximum absolute atomic E-state index is 8.52. The minimum atomic E-state index is -5.17. The first kappa shape index (κ1) is 16.5. The molecule has 0 amide bonds. The number of aromatic nitrogens is 2. The molecular weight excluding hydrogens is 219 g/mol. The van der Waals surface area contributed by atoms with E-state index in [2.05, 4.69) is 24.0 Å². The van der Waals surface area contributed by atoms with Gasteiger partial charge in [-0.15, -0.1) is 0 Å². The Morgan fingerprint density at radius 2 is 1.86 bits per heavy atom. The molecule has 0 saturated carbocycles. The molecule has 0 atom stereocenters. The zero-order valence-corrected chi connectivity index (χ0v) is 11.2. The Morgan fingerprint density at radius 1 is 1.43 bits per heavy atom. The van der Waals surface area contributed by atoms with E-state index in [1.807, 2.05) is 17.8 Å². The summed E-state index contributed by atoms with van der Waals surface area (Å²) in [5.41, 5.74) is 0. The van der Waals surface area contributed by atoms with Crippen LogP contribution in [0.15, 0.2) is 18.7 Å². The molecule has 0 N–H and O–H groups in total. The van der Waals surface area contributed by atoms with Crippen LogP contribution in [0.2, 0.25) is 0 Å². The number of aryl methyl sites for hydroxylation is 2. The Morgan fingerprint density at radius 3 is 2.00 bits per heavy atom. The molecule has 0 fully saturated rings. The minimum Gasteiger partial charge on any atom is -0.759 e. The molecule has 0 spiro atoms. The van der Waals surface area contributed by atoms with Gasteiger partial charge in [-0.1, -0.05) is 0 Å². The third-order valence-corrected chi connectivity index (χ3v) is 1.19. The maximum atomic E-state index is 8.52. The molecule has 0 saturated heterocycles. The third kappa shape index (κ3) is 12.1. The SMILES string of the molecule is CCn1cc[n+](C)c1.O=S(=O)([O-])[O-].[Na+]. The second-order valence-corrected chi connectivity index (χ2v) is 3.13. The van der Waals surface area contributed by atoms with Gasteiger partial charge in [0.1, 0.15) is 12.4 Å². The van der Waals surface area contributed by atoms with Crippen molar-refractivity contribution in [1.82, 2.24) is 4.57 Å². The quantitative estimate of drug-likeness (QED) is 0.213. The van der Waals surface area contributed by atoms with E-state index in [1.54, 1.807) is 0 Å². The van der Waals surface area contributed by atoms with E-state index in [-0.39, 0.29) is 29.6 Å². The normalized spacial score (nSPS) is 9.71. The summed E-state index contributed by atoms with van der Waals surface area (Å²) in [6.45, 7) is 3.18. The Labute approximate surface area is 105 Å². The number of nitrogens with zero attached hydrogens (tertiary/aromatic N) is 2. The van der Waals surface area contributed by atoms with Gasteiger partial charge in [0, 0.05) is 10.4 Å². The standard InChI is InChI=1S/C6H11N2.Na.H2O4S/c1-3-8-5-4-7(2)6-8;;1-5(2,3)4/h4-6H,3H2,1-2H3;;(H2,1,2,3,4)/q2*+1;/p-2. The third-order valence-electron chi connectivity index (χ3n) is 1.19. The fraction of sp³-hybridized carbons (Fsp3) is 0.500. The van der Waals surface area contributed by atoms with Crippen molar-refractivity contribution in [1.29, 1.82) is 0 Å². The number of hydrogen-bond acceptors (Lipinski definition) is 4. The van der Waals surface area contributed by atoms with E-state index in [0.717, 1.165) is 6.54 Å². The zero-order chi connectivity index (χ0) is 10.5. The molecule has 1 heterocycles. The topological polar surface area (TPSA) is 89.1 Å². The monoisotopic (exact) mass is 230 g/mol. The Hall–Kier alpha value is 0.0800. The summed E-state index contributed by atoms with van der Waals surface area (Å²) in [5, 5.41) is 0. The summed E-state index contributed by atoms with van der Waals surface area (Å²) < 4.78 is 38.2. The molecule has 1 aromatic heterocycles. The van der Waals surface area contributed by atoms with Gasteiger partial charge in [0.15, 0.2) is 0 Å². The first-order valence-corrected chi connectivity index (χ1v) is 4.84. The predicted octanol–water partition coefficient (Wildman–Crippen LogP) is -4.00. The molecule has 1 aromatic rings. The predicted molar refractivity (Wildman–Crippen MR) is 41.8 cm³/mol. The smallest absolute Gasteiger partial charge is 0.759 e. The van der Waals surface area contributed by atoms with Crippen molar-refractivity contribution in [3.63, 3.8) is 0 Å². The van der Waals surface area contributed by atoms with Crippen LogP contribution in [0.3, 0.4) is 0 Å². The van der Waals surface area contributed by atoms with Crippen molar-refractivity contribution < 1.29 is 51.6 Å². The summed E-state index contributed by atoms with van der Waals surface area (Å²) in [4.78, 5) is 0. The van der Waals surface area contributed by atoms with Gasteiger partial charge >= 0.3 is 29.6 Å². The minimum absolute atomic E-state index is 0. The van der Waals surface area contributed by atoms with Gasteiger partial charge in [-0.2, -0.15) is 0 Å². The van der Waals surface area contributed by atoms with Crippen LogP contribution < -0.4 is 34.1 Å². The van der Waals surface area contributed by atoms with Gasteiger partial charge in [-0.3, -0.25) is 8.42 Å². The van der Waals surface area contributed by atoms with Crippen LogP contribution >= 0.6 is 0 Å². The molecule has 0 aromatic carbocycles. The van der Waals surface area contributed by atoms with Crippen molar-refractivity contribution in [2.24, 2.45) is 7.05 Å². The van der Waals surface area contributed by atoms with E-state index in [1.165, 1.54) is 0 Å². The van der Waals surface area contributed by atoms with Crippen LogP contribution in [0.4, 0.5) is 0 Å². The van der Waals surface area contributed by atoms with Gasteiger partial charge in [0.05, 0.1) is 13.6 Å². The first-order valence-electron chi connectivity index (χ1n) is 3.50. The van der Waals surface area contributed by atoms with Crippen LogP contribution in [-0.4, -0.2) is 22.1 Å². The molecule has 0 aliphatic heterocycles. The summed E-state index contributed by atoms with van der Waals surface area (Å²) in [5.74, 6) is 0. The van der Waals surface area contributed by atoms with Gasteiger partial charge in [0.2, 0.25) is 6.33 Å². The van der Waals surface area contributed by atoms with Crippen LogP contribution in [0.25, 0.3) is 0 Å². The Bertz CT molecular complexity index is 340. The zero-order valence-electron chi connectivity index (χ0n) is 8.37. The largest absolute Gasteiger partial charge is 1.00 e. The molecule has 8 heteroatoms. The average molecular weight is 230 g/mol. The second-order valence-electron chi connectivity index (χ2n) is 2.32. The molecule has 0 aliphatic carbocycles. The van der Waals surface area contributed by atoms with E-state index < -0.39 is 10.4 Å². The molecule has 0 radical (unpaired) electrons. The van der Waals surface area contributed by atoms with Gasteiger partial charge in [-0.05, 0) is 6.92 Å². The van der Waals surface area contributed by atoms with Gasteiger partial charge in [0.25, 0.3) is 0 Å². The summed E-state index contributed by atoms with van der Waals surface area (Å²) >= 11 is 0. The fourth-order valence-corrected chi connectivity index (χ4v) is 0.689. The molecule has 0 bridgehead atoms. The maximum Gasteiger partial charge on any atom is 1.00 e. The molecule has 14 heavy (non-hydrogen) atoms. The molecule has 1 rings (SSSR count). The first-order chi connectivity index (χ1) is 5.83. The summed E-state index contributed by atoms with van der Waals surface area (Å²) in [6, 6.07) is 0. The van der Waals surface area contributed by atoms with Crippen LogP contribution in [-0.2, 0) is 24.0 Å². The van der Waals surface area contributed by atoms with Crippen molar-refractivity contribution in [3.05, 3.63) is 18.7 Å². The molecular formula is C6H11N2NaO4S. The molecule has 6 nitrogen and oxygen atoms in total. The molecule has 0 unspecified atom stereocenters. The Balaban J connectivity index is 0. The average Bonchev–Trinajstić information content (AvgIpc) is 2.31. The number of hydrogen-bond donors (Lipinski definition) is 0. The number of imidazole rings is 1. The summed E-state index contributed by atoms with van der Waals surface area (Å²) in [6.07, 6.45) is 6.14. The van der Waals surface area contributed by atoms with Crippen LogP contribution in [0, 0.1) is 0 Å². The van der Waals surface area contributed by atoms with Crippen molar-refractivity contribution in [2.45, 2.75) is 13.5 Å². The second kappa shape index (κ2) is 7.38. The summed E-state index contributed by atoms with van der Waals surface area (Å²) in [7, 11) is -3.15.